The number of hydrogen-bond acceptors (Lipinski definition) is 5. The Morgan fingerprint density at radius 3 is 2.33 bits per heavy atom. The number of hydrogen-bond donors (Lipinski definition) is 2. The topological polar surface area (TPSA) is 98.1 Å². The van der Waals surface area contributed by atoms with Gasteiger partial charge in [0.25, 0.3) is 0 Å². The van der Waals surface area contributed by atoms with Crippen LogP contribution in [0.25, 0.3) is 0 Å². The minimum Gasteiger partial charge on any atom is -0.497 e. The van der Waals surface area contributed by atoms with Crippen LogP contribution in [0.2, 0.25) is 0 Å². The summed E-state index contributed by atoms with van der Waals surface area (Å²) in [6.07, 6.45) is 3.14. The first-order valence-corrected chi connectivity index (χ1v) is 8.27. The highest BCUT2D eigenvalue weighted by Gasteiger charge is 2.13. The summed E-state index contributed by atoms with van der Waals surface area (Å²) in [6, 6.07) is 14.4. The smallest absolute Gasteiger partial charge is 0.313 e. The third-order valence-electron chi connectivity index (χ3n) is 3.84. The predicted octanol–water partition coefficient (Wildman–Crippen LogP) is 1.59. The Kier molecular flexibility index (Phi) is 5.78. The Hall–Kier alpha value is -3.68. The minimum atomic E-state index is -0.719. The van der Waals surface area contributed by atoms with Crippen molar-refractivity contribution in [3.8, 4) is 5.75 Å². The zero-order chi connectivity index (χ0) is 19.1. The maximum Gasteiger partial charge on any atom is 0.313 e. The van der Waals surface area contributed by atoms with Gasteiger partial charge in [-0.05, 0) is 35.4 Å². The average molecular weight is 365 g/mol. The number of rotatable bonds is 6. The van der Waals surface area contributed by atoms with E-state index in [1.165, 1.54) is 6.33 Å². The quantitative estimate of drug-likeness (QED) is 0.647. The molecule has 3 rings (SSSR count). The average Bonchev–Trinajstić information content (AvgIpc) is 3.21. The summed E-state index contributed by atoms with van der Waals surface area (Å²) in [5, 5.41) is 9.20. The summed E-state index contributed by atoms with van der Waals surface area (Å²) in [7, 11) is 1.56. The van der Waals surface area contributed by atoms with Gasteiger partial charge in [-0.15, -0.1) is 0 Å². The molecule has 0 atom stereocenters. The zero-order valence-electron chi connectivity index (χ0n) is 14.8. The van der Waals surface area contributed by atoms with E-state index >= 15 is 0 Å². The molecular weight excluding hydrogens is 346 g/mol. The fraction of sp³-hybridized carbons (Fsp3) is 0.158. The largest absolute Gasteiger partial charge is 0.497 e. The van der Waals surface area contributed by atoms with E-state index in [1.54, 1.807) is 42.4 Å². The van der Waals surface area contributed by atoms with Gasteiger partial charge in [0.2, 0.25) is 0 Å². The molecule has 2 N–H and O–H groups in total. The molecule has 0 spiro atoms. The van der Waals surface area contributed by atoms with Gasteiger partial charge in [-0.25, -0.2) is 9.67 Å². The molecule has 0 bridgehead atoms. The molecule has 0 aliphatic rings. The van der Waals surface area contributed by atoms with Crippen molar-refractivity contribution in [1.82, 2.24) is 20.1 Å². The number of nitrogens with one attached hydrogen (secondary N) is 2. The van der Waals surface area contributed by atoms with Crippen molar-refractivity contribution in [3.63, 3.8) is 0 Å². The number of carbonyl (C=O) groups excluding carboxylic acids is 2. The molecular formula is C19H19N5O3. The van der Waals surface area contributed by atoms with Gasteiger partial charge in [0, 0.05) is 12.2 Å². The number of nitrogens with zero attached hydrogens (tertiary/aromatic N) is 3. The maximum atomic E-state index is 12.0. The normalized spacial score (nSPS) is 10.3. The van der Waals surface area contributed by atoms with E-state index in [2.05, 4.69) is 20.7 Å². The van der Waals surface area contributed by atoms with Gasteiger partial charge < -0.3 is 15.4 Å². The van der Waals surface area contributed by atoms with E-state index in [9.17, 15) is 9.59 Å². The van der Waals surface area contributed by atoms with Gasteiger partial charge in [-0.2, -0.15) is 5.10 Å². The number of methoxy groups -OCH3 is 1. The lowest BCUT2D eigenvalue weighted by Crippen LogP contribution is -2.34. The molecule has 8 nitrogen and oxygen atoms in total. The minimum absolute atomic E-state index is 0.262. The summed E-state index contributed by atoms with van der Waals surface area (Å²) in [6.45, 7) is 0.884. The lowest BCUT2D eigenvalue weighted by atomic mass is 10.1. The molecule has 1 heterocycles. The number of ether oxygens (including phenoxy) is 1. The second kappa shape index (κ2) is 8.61. The van der Waals surface area contributed by atoms with Gasteiger partial charge in [0.15, 0.2) is 0 Å². The molecule has 0 aliphatic carbocycles. The summed E-state index contributed by atoms with van der Waals surface area (Å²) in [4.78, 5) is 27.8. The molecule has 8 heteroatoms. The van der Waals surface area contributed by atoms with Crippen LogP contribution in [0.3, 0.4) is 0 Å². The zero-order valence-corrected chi connectivity index (χ0v) is 14.8. The van der Waals surface area contributed by atoms with E-state index in [1.807, 2.05) is 24.3 Å². The lowest BCUT2D eigenvalue weighted by Gasteiger charge is -2.08. The van der Waals surface area contributed by atoms with E-state index in [4.69, 9.17) is 4.74 Å². The first kappa shape index (κ1) is 18.1. The summed E-state index contributed by atoms with van der Waals surface area (Å²) in [5.74, 6) is -0.745. The van der Waals surface area contributed by atoms with Crippen molar-refractivity contribution in [2.75, 3.05) is 12.4 Å². The number of amides is 2. The molecule has 0 saturated carbocycles. The molecule has 1 aromatic heterocycles. The summed E-state index contributed by atoms with van der Waals surface area (Å²) < 4.78 is 6.77. The molecule has 138 valence electrons. The van der Waals surface area contributed by atoms with Crippen molar-refractivity contribution in [3.05, 3.63) is 72.3 Å². The molecule has 0 radical (unpaired) electrons. The first-order chi connectivity index (χ1) is 13.1. The second-order valence-corrected chi connectivity index (χ2v) is 5.77. The Labute approximate surface area is 156 Å². The Bertz CT molecular complexity index is 890. The van der Waals surface area contributed by atoms with E-state index in [0.29, 0.717) is 18.0 Å². The van der Waals surface area contributed by atoms with E-state index < -0.39 is 11.8 Å². The number of carbonyl (C=O) groups is 2. The van der Waals surface area contributed by atoms with Crippen molar-refractivity contribution < 1.29 is 14.3 Å². The van der Waals surface area contributed by atoms with Gasteiger partial charge in [-0.3, -0.25) is 9.59 Å². The van der Waals surface area contributed by atoms with Crippen molar-refractivity contribution >= 4 is 17.5 Å². The van der Waals surface area contributed by atoms with Crippen LogP contribution >= 0.6 is 0 Å². The second-order valence-electron chi connectivity index (χ2n) is 5.77. The fourth-order valence-corrected chi connectivity index (χ4v) is 2.39. The van der Waals surface area contributed by atoms with Crippen LogP contribution in [0, 0.1) is 0 Å². The van der Waals surface area contributed by atoms with Crippen LogP contribution in [0.4, 0.5) is 5.69 Å². The van der Waals surface area contributed by atoms with Gasteiger partial charge in [0.1, 0.15) is 18.4 Å². The van der Waals surface area contributed by atoms with Crippen LogP contribution in [-0.2, 0) is 22.7 Å². The molecule has 0 unspecified atom stereocenters. The molecule has 3 aromatic rings. The fourth-order valence-electron chi connectivity index (χ4n) is 2.39. The molecule has 0 aliphatic heterocycles. The molecule has 0 fully saturated rings. The molecule has 2 amide bonds. The van der Waals surface area contributed by atoms with E-state index in [0.717, 1.165) is 11.1 Å². The third kappa shape index (κ3) is 5.15. The Morgan fingerprint density at radius 2 is 1.70 bits per heavy atom. The third-order valence-corrected chi connectivity index (χ3v) is 3.84. The van der Waals surface area contributed by atoms with E-state index in [-0.39, 0.29) is 6.54 Å². The lowest BCUT2D eigenvalue weighted by molar-refractivity contribution is -0.136. The van der Waals surface area contributed by atoms with Crippen LogP contribution in [0.5, 0.6) is 5.75 Å². The van der Waals surface area contributed by atoms with Gasteiger partial charge in [-0.1, -0.05) is 24.3 Å². The molecule has 27 heavy (non-hydrogen) atoms. The number of anilines is 1. The highest BCUT2D eigenvalue weighted by atomic mass is 16.5. The first-order valence-electron chi connectivity index (χ1n) is 8.27. The van der Waals surface area contributed by atoms with Crippen LogP contribution in [-0.4, -0.2) is 33.7 Å². The van der Waals surface area contributed by atoms with Crippen LogP contribution < -0.4 is 15.4 Å². The van der Waals surface area contributed by atoms with Crippen molar-refractivity contribution in [1.29, 1.82) is 0 Å². The summed E-state index contributed by atoms with van der Waals surface area (Å²) in [5.41, 5.74) is 2.48. The standard InChI is InChI=1S/C19H19N5O3/c1-27-17-8-6-16(7-9-17)23-19(26)18(25)21-10-14-2-4-15(5-3-14)11-24-13-20-12-22-24/h2-9,12-13H,10-11H2,1H3,(H,21,25)(H,23,26). The van der Waals surface area contributed by atoms with Gasteiger partial charge in [0.05, 0.1) is 13.7 Å². The highest BCUT2D eigenvalue weighted by molar-refractivity contribution is 6.39. The van der Waals surface area contributed by atoms with Crippen molar-refractivity contribution in [2.45, 2.75) is 13.1 Å². The SMILES string of the molecule is COc1ccc(NC(=O)C(=O)NCc2ccc(Cn3cncn3)cc2)cc1. The van der Waals surface area contributed by atoms with Crippen LogP contribution in [0.1, 0.15) is 11.1 Å². The Morgan fingerprint density at radius 1 is 1.00 bits per heavy atom. The Balaban J connectivity index is 1.48. The van der Waals surface area contributed by atoms with Crippen LogP contribution in [0.15, 0.2) is 61.2 Å². The number of aromatic nitrogens is 3. The highest BCUT2D eigenvalue weighted by Crippen LogP contribution is 2.14. The number of benzene rings is 2. The summed E-state index contributed by atoms with van der Waals surface area (Å²) >= 11 is 0. The molecule has 0 saturated heterocycles. The predicted molar refractivity (Wildman–Crippen MR) is 99.0 cm³/mol. The van der Waals surface area contributed by atoms with Gasteiger partial charge >= 0.3 is 11.8 Å². The molecule has 2 aromatic carbocycles. The monoisotopic (exact) mass is 365 g/mol. The maximum absolute atomic E-state index is 12.0. The van der Waals surface area contributed by atoms with Crippen molar-refractivity contribution in [2.24, 2.45) is 0 Å².